The quantitative estimate of drug-likeness (QED) is 0.597. The van der Waals surface area contributed by atoms with Gasteiger partial charge in [0, 0.05) is 11.5 Å². The summed E-state index contributed by atoms with van der Waals surface area (Å²) in [7, 11) is 0. The average Bonchev–Trinajstić information content (AvgIpc) is 2.24. The van der Waals surface area contributed by atoms with E-state index >= 15 is 0 Å². The summed E-state index contributed by atoms with van der Waals surface area (Å²) in [4.78, 5) is 8.57. The molecule has 4 heteroatoms. The first-order valence-electron chi connectivity index (χ1n) is 5.34. The summed E-state index contributed by atoms with van der Waals surface area (Å²) in [5.74, 6) is 1.52. The molecule has 88 valence electrons. The van der Waals surface area contributed by atoms with Crippen molar-refractivity contribution in [3.63, 3.8) is 0 Å². The molecule has 1 aromatic rings. The molecule has 16 heavy (non-hydrogen) atoms. The third kappa shape index (κ3) is 3.20. The van der Waals surface area contributed by atoms with Crippen LogP contribution in [0.2, 0.25) is 5.15 Å². The molecule has 0 spiro atoms. The van der Waals surface area contributed by atoms with Crippen molar-refractivity contribution in [2.45, 2.75) is 33.6 Å². The highest BCUT2D eigenvalue weighted by Crippen LogP contribution is 2.24. The van der Waals surface area contributed by atoms with Gasteiger partial charge >= 0.3 is 0 Å². The lowest BCUT2D eigenvalue weighted by Gasteiger charge is -2.10. The van der Waals surface area contributed by atoms with E-state index < -0.39 is 0 Å². The maximum Gasteiger partial charge on any atom is 0.221 e. The van der Waals surface area contributed by atoms with Crippen molar-refractivity contribution >= 4 is 11.6 Å². The number of halogens is 1. The Kier molecular flexibility index (Phi) is 4.74. The van der Waals surface area contributed by atoms with Gasteiger partial charge in [-0.1, -0.05) is 37.6 Å². The maximum absolute atomic E-state index is 6.03. The summed E-state index contributed by atoms with van der Waals surface area (Å²) < 4.78 is 5.53. The molecule has 0 saturated heterocycles. The smallest absolute Gasteiger partial charge is 0.221 e. The van der Waals surface area contributed by atoms with E-state index in [9.17, 15) is 0 Å². The molecule has 0 aliphatic rings. The molecule has 0 N–H and O–H groups in total. The van der Waals surface area contributed by atoms with Crippen LogP contribution in [0.15, 0.2) is 12.2 Å². The normalized spacial score (nSPS) is 11.4. The van der Waals surface area contributed by atoms with E-state index in [1.165, 1.54) is 0 Å². The molecule has 1 heterocycles. The van der Waals surface area contributed by atoms with Gasteiger partial charge in [0.05, 0.1) is 0 Å². The second-order valence-electron chi connectivity index (χ2n) is 3.84. The Morgan fingerprint density at radius 2 is 2.06 bits per heavy atom. The van der Waals surface area contributed by atoms with Gasteiger partial charge in [0.1, 0.15) is 17.6 Å². The fourth-order valence-corrected chi connectivity index (χ4v) is 1.27. The predicted octanol–water partition coefficient (Wildman–Crippen LogP) is 3.52. The zero-order chi connectivity index (χ0) is 12.1. The first-order chi connectivity index (χ1) is 7.56. The van der Waals surface area contributed by atoms with E-state index in [2.05, 4.69) is 9.97 Å². The van der Waals surface area contributed by atoms with E-state index in [0.29, 0.717) is 23.5 Å². The standard InChI is InChI=1S/C12H17ClN2O/c1-5-6-7-16-12-9(4)10(13)14-11(15-12)8(2)3/h5-6,8H,7H2,1-4H3/b6-5+. The summed E-state index contributed by atoms with van der Waals surface area (Å²) in [6, 6.07) is 0. The molecule has 3 nitrogen and oxygen atoms in total. The number of ether oxygens (including phenoxy) is 1. The van der Waals surface area contributed by atoms with Gasteiger partial charge in [-0.25, -0.2) is 4.98 Å². The largest absolute Gasteiger partial charge is 0.473 e. The first kappa shape index (κ1) is 13.0. The van der Waals surface area contributed by atoms with Crippen molar-refractivity contribution < 1.29 is 4.74 Å². The van der Waals surface area contributed by atoms with Crippen LogP contribution in [0.4, 0.5) is 0 Å². The molecule has 0 atom stereocenters. The molecule has 0 amide bonds. The second-order valence-corrected chi connectivity index (χ2v) is 4.20. The summed E-state index contributed by atoms with van der Waals surface area (Å²) in [5.41, 5.74) is 0.788. The van der Waals surface area contributed by atoms with E-state index in [1.54, 1.807) is 0 Å². The third-order valence-corrected chi connectivity index (χ3v) is 2.50. The minimum atomic E-state index is 0.238. The minimum Gasteiger partial charge on any atom is -0.473 e. The van der Waals surface area contributed by atoms with Crippen LogP contribution in [0.5, 0.6) is 5.88 Å². The van der Waals surface area contributed by atoms with Gasteiger partial charge in [0.15, 0.2) is 0 Å². The first-order valence-corrected chi connectivity index (χ1v) is 5.72. The highest BCUT2D eigenvalue weighted by Gasteiger charge is 2.12. The number of hydrogen-bond acceptors (Lipinski definition) is 3. The molecule has 0 saturated carbocycles. The zero-order valence-corrected chi connectivity index (χ0v) is 10.9. The lowest BCUT2D eigenvalue weighted by molar-refractivity contribution is 0.342. The summed E-state index contributed by atoms with van der Waals surface area (Å²) in [6.45, 7) is 8.36. The highest BCUT2D eigenvalue weighted by atomic mass is 35.5. The maximum atomic E-state index is 6.03. The van der Waals surface area contributed by atoms with Crippen molar-refractivity contribution in [1.29, 1.82) is 0 Å². The van der Waals surface area contributed by atoms with Gasteiger partial charge in [-0.3, -0.25) is 0 Å². The van der Waals surface area contributed by atoms with Crippen LogP contribution < -0.4 is 4.74 Å². The van der Waals surface area contributed by atoms with E-state index in [-0.39, 0.29) is 5.92 Å². The Bertz CT molecular complexity index is 389. The van der Waals surface area contributed by atoms with E-state index in [4.69, 9.17) is 16.3 Å². The van der Waals surface area contributed by atoms with Crippen LogP contribution >= 0.6 is 11.6 Å². The zero-order valence-electron chi connectivity index (χ0n) is 10.1. The van der Waals surface area contributed by atoms with Gasteiger partial charge in [-0.2, -0.15) is 4.98 Å². The molecular formula is C12H17ClN2O. The van der Waals surface area contributed by atoms with Crippen LogP contribution in [0.3, 0.4) is 0 Å². The monoisotopic (exact) mass is 240 g/mol. The number of allylic oxidation sites excluding steroid dienone is 1. The molecule has 0 bridgehead atoms. The molecule has 0 aliphatic carbocycles. The van der Waals surface area contributed by atoms with Gasteiger partial charge in [0.25, 0.3) is 0 Å². The highest BCUT2D eigenvalue weighted by molar-refractivity contribution is 6.30. The van der Waals surface area contributed by atoms with Crippen molar-refractivity contribution in [2.75, 3.05) is 6.61 Å². The Hall–Kier alpha value is -1.09. The van der Waals surface area contributed by atoms with Crippen molar-refractivity contribution in [1.82, 2.24) is 9.97 Å². The molecule has 1 rings (SSSR count). The molecule has 1 aromatic heterocycles. The van der Waals surface area contributed by atoms with Crippen LogP contribution in [0.1, 0.15) is 38.1 Å². The second kappa shape index (κ2) is 5.85. The summed E-state index contributed by atoms with van der Waals surface area (Å²) in [6.07, 6.45) is 3.85. The number of aromatic nitrogens is 2. The molecule has 0 fully saturated rings. The van der Waals surface area contributed by atoms with Crippen molar-refractivity contribution in [3.05, 3.63) is 28.7 Å². The lowest BCUT2D eigenvalue weighted by Crippen LogP contribution is -2.05. The Morgan fingerprint density at radius 1 is 1.38 bits per heavy atom. The number of hydrogen-bond donors (Lipinski definition) is 0. The van der Waals surface area contributed by atoms with Crippen LogP contribution in [-0.4, -0.2) is 16.6 Å². The topological polar surface area (TPSA) is 35.0 Å². The fourth-order valence-electron chi connectivity index (χ4n) is 1.11. The van der Waals surface area contributed by atoms with Gasteiger partial charge < -0.3 is 4.74 Å². The molecule has 0 aliphatic heterocycles. The average molecular weight is 241 g/mol. The van der Waals surface area contributed by atoms with Crippen LogP contribution in [0.25, 0.3) is 0 Å². The molecular weight excluding hydrogens is 224 g/mol. The van der Waals surface area contributed by atoms with E-state index in [1.807, 2.05) is 39.8 Å². The molecule has 0 radical (unpaired) electrons. The van der Waals surface area contributed by atoms with Gasteiger partial charge in [-0.15, -0.1) is 0 Å². The van der Waals surface area contributed by atoms with Gasteiger partial charge in [0.2, 0.25) is 5.88 Å². The molecule has 0 unspecified atom stereocenters. The predicted molar refractivity (Wildman–Crippen MR) is 66.2 cm³/mol. The Balaban J connectivity index is 2.97. The fraction of sp³-hybridized carbons (Fsp3) is 0.500. The summed E-state index contributed by atoms with van der Waals surface area (Å²) >= 11 is 6.03. The Labute approximate surface area is 102 Å². The van der Waals surface area contributed by atoms with Gasteiger partial charge in [-0.05, 0) is 13.8 Å². The van der Waals surface area contributed by atoms with Crippen molar-refractivity contribution in [2.24, 2.45) is 0 Å². The SMILES string of the molecule is C/C=C/COc1nc(C(C)C)nc(Cl)c1C. The van der Waals surface area contributed by atoms with Crippen molar-refractivity contribution in [3.8, 4) is 5.88 Å². The molecule has 0 aromatic carbocycles. The lowest BCUT2D eigenvalue weighted by atomic mass is 10.2. The minimum absolute atomic E-state index is 0.238. The van der Waals surface area contributed by atoms with E-state index in [0.717, 1.165) is 5.56 Å². The Morgan fingerprint density at radius 3 is 2.62 bits per heavy atom. The third-order valence-electron chi connectivity index (χ3n) is 2.13. The van der Waals surface area contributed by atoms with Crippen LogP contribution in [0, 0.1) is 6.92 Å². The number of rotatable bonds is 4. The van der Waals surface area contributed by atoms with Crippen LogP contribution in [-0.2, 0) is 0 Å². The number of nitrogens with zero attached hydrogens (tertiary/aromatic N) is 2. The summed E-state index contributed by atoms with van der Waals surface area (Å²) in [5, 5.41) is 0.467.